The summed E-state index contributed by atoms with van der Waals surface area (Å²) in [5.74, 6) is 3.00. The summed E-state index contributed by atoms with van der Waals surface area (Å²) in [5, 5.41) is 12.3. The highest BCUT2D eigenvalue weighted by molar-refractivity contribution is 6.12. The van der Waals surface area contributed by atoms with Crippen molar-refractivity contribution in [3.63, 3.8) is 0 Å². The Kier molecular flexibility index (Phi) is 9.36. The third-order valence-electron chi connectivity index (χ3n) is 8.21. The number of rotatable bonds is 13. The molecule has 0 spiro atoms. The summed E-state index contributed by atoms with van der Waals surface area (Å²) in [4.78, 5) is 18.2. The predicted octanol–water partition coefficient (Wildman–Crippen LogP) is 8.95. The van der Waals surface area contributed by atoms with Crippen molar-refractivity contribution >= 4 is 11.5 Å². The first kappa shape index (κ1) is 31.3. The minimum Gasteiger partial charge on any atom is -0.493 e. The van der Waals surface area contributed by atoms with Gasteiger partial charge in [-0.15, -0.1) is 10.2 Å². The average molecular weight is 647 g/mol. The zero-order chi connectivity index (χ0) is 33.4. The first-order chi connectivity index (χ1) is 24.1. The summed E-state index contributed by atoms with van der Waals surface area (Å²) in [6.07, 6.45) is 1.00. The molecule has 1 N–H and O–H groups in total. The van der Waals surface area contributed by atoms with E-state index < -0.39 is 0 Å². The van der Waals surface area contributed by atoms with Gasteiger partial charge in [-0.2, -0.15) is 0 Å². The first-order valence-corrected chi connectivity index (χ1v) is 16.2. The number of carbonyl (C=O) groups excluding carboxylic acids is 1. The Labute approximate surface area is 284 Å². The molecule has 7 rings (SSSR count). The fourth-order valence-electron chi connectivity index (χ4n) is 5.63. The molecule has 49 heavy (non-hydrogen) atoms. The molecule has 0 bridgehead atoms. The first-order valence-electron chi connectivity index (χ1n) is 16.2. The summed E-state index contributed by atoms with van der Waals surface area (Å²) in [7, 11) is 0. The number of nitrogens with one attached hydrogen (secondary N) is 1. The second-order valence-corrected chi connectivity index (χ2v) is 11.6. The van der Waals surface area contributed by atoms with Gasteiger partial charge < -0.3 is 18.9 Å². The van der Waals surface area contributed by atoms with Crippen LogP contribution < -0.4 is 10.1 Å². The second kappa shape index (κ2) is 14.6. The third-order valence-corrected chi connectivity index (χ3v) is 8.21. The molecule has 5 aromatic carbocycles. The molecule has 1 atom stereocenters. The van der Waals surface area contributed by atoms with E-state index in [9.17, 15) is 4.79 Å². The van der Waals surface area contributed by atoms with E-state index in [1.807, 2.05) is 146 Å². The maximum atomic E-state index is 13.5. The molecule has 0 aliphatic heterocycles. The van der Waals surface area contributed by atoms with Crippen molar-refractivity contribution < 1.29 is 18.4 Å². The lowest BCUT2D eigenvalue weighted by Gasteiger charge is -2.21. The fraction of sp³-hybridized carbons (Fsp3) is 0.122. The molecule has 0 radical (unpaired) electrons. The number of nitrogens with zero attached hydrogens (tertiary/aromatic N) is 3. The topological polar surface area (TPSA) is 103 Å². The molecule has 242 valence electrons. The van der Waals surface area contributed by atoms with Crippen LogP contribution in [0.25, 0.3) is 22.9 Å². The van der Waals surface area contributed by atoms with Gasteiger partial charge in [-0.25, -0.2) is 4.98 Å². The molecule has 0 saturated carbocycles. The summed E-state index contributed by atoms with van der Waals surface area (Å²) in [6.45, 7) is 2.37. The van der Waals surface area contributed by atoms with E-state index in [1.165, 1.54) is 0 Å². The summed E-state index contributed by atoms with van der Waals surface area (Å²) >= 11 is 0. The van der Waals surface area contributed by atoms with Crippen molar-refractivity contribution in [2.75, 3.05) is 11.9 Å². The second-order valence-electron chi connectivity index (χ2n) is 11.6. The Morgan fingerprint density at radius 1 is 0.714 bits per heavy atom. The van der Waals surface area contributed by atoms with Gasteiger partial charge in [0.2, 0.25) is 17.7 Å². The quantitative estimate of drug-likeness (QED) is 0.124. The Morgan fingerprint density at radius 2 is 1.35 bits per heavy atom. The van der Waals surface area contributed by atoms with Crippen LogP contribution in [0.3, 0.4) is 0 Å². The van der Waals surface area contributed by atoms with E-state index in [-0.39, 0.29) is 11.8 Å². The Bertz CT molecular complexity index is 2130. The minimum atomic E-state index is -0.294. The molecule has 8 heteroatoms. The highest BCUT2D eigenvalue weighted by atomic mass is 16.5. The molecule has 7 aromatic rings. The summed E-state index contributed by atoms with van der Waals surface area (Å²) < 4.78 is 18.1. The molecule has 8 nitrogen and oxygen atoms in total. The van der Waals surface area contributed by atoms with E-state index in [2.05, 4.69) is 20.5 Å². The van der Waals surface area contributed by atoms with E-state index >= 15 is 0 Å². The number of ether oxygens (including phenoxy) is 1. The molecule has 0 fully saturated rings. The largest absolute Gasteiger partial charge is 0.493 e. The highest BCUT2D eigenvalue weighted by Crippen LogP contribution is 2.30. The van der Waals surface area contributed by atoms with Crippen LogP contribution in [0.1, 0.15) is 44.9 Å². The number of ketones is 1. The number of hydrogen-bond acceptors (Lipinski definition) is 8. The molecular weight excluding hydrogens is 612 g/mol. The van der Waals surface area contributed by atoms with Crippen LogP contribution in [-0.2, 0) is 12.8 Å². The van der Waals surface area contributed by atoms with E-state index in [0.717, 1.165) is 33.9 Å². The lowest BCUT2D eigenvalue weighted by atomic mass is 9.99. The van der Waals surface area contributed by atoms with Crippen LogP contribution in [-0.4, -0.2) is 27.6 Å². The van der Waals surface area contributed by atoms with Gasteiger partial charge in [0.25, 0.3) is 0 Å². The SMILES string of the molecule is Cc1oc(-c2ccccc2)nc1CCOc1ccc([C@H](Cc2nnc(-c3ccccc3)o2)Nc2ccccc2C(=O)c2ccccc2)cc1. The number of aromatic nitrogens is 3. The summed E-state index contributed by atoms with van der Waals surface area (Å²) in [6, 6.07) is 44.0. The molecule has 0 amide bonds. The summed E-state index contributed by atoms with van der Waals surface area (Å²) in [5.41, 5.74) is 5.54. The molecule has 2 aromatic heterocycles. The zero-order valence-corrected chi connectivity index (χ0v) is 27.0. The number of oxazole rings is 1. The monoisotopic (exact) mass is 646 g/mol. The van der Waals surface area contributed by atoms with E-state index in [1.54, 1.807) is 0 Å². The lowest BCUT2D eigenvalue weighted by molar-refractivity contribution is 0.103. The van der Waals surface area contributed by atoms with Gasteiger partial charge in [-0.1, -0.05) is 91.0 Å². The number of hydrogen-bond donors (Lipinski definition) is 1. The maximum Gasteiger partial charge on any atom is 0.247 e. The number of benzene rings is 5. The molecule has 0 unspecified atom stereocenters. The predicted molar refractivity (Wildman–Crippen MR) is 188 cm³/mol. The van der Waals surface area contributed by atoms with Gasteiger partial charge in [-0.05, 0) is 61.0 Å². The van der Waals surface area contributed by atoms with Gasteiger partial charge >= 0.3 is 0 Å². The maximum absolute atomic E-state index is 13.5. The number of aryl methyl sites for hydroxylation is 1. The standard InChI is InChI=1S/C41H34N4O4/c1-28-35(43-40(48-28)31-15-7-3-8-16-31)25-26-47-33-23-21-29(22-24-33)37(27-38-44-45-41(49-38)32-17-9-4-10-18-32)42-36-20-12-11-19-34(36)39(46)30-13-5-2-6-14-30/h2-24,37,42H,25-27H2,1H3/t37-/m0/s1. The smallest absolute Gasteiger partial charge is 0.247 e. The molecule has 0 saturated heterocycles. The normalized spacial score (nSPS) is 11.6. The van der Waals surface area contributed by atoms with Crippen molar-refractivity contribution in [2.24, 2.45) is 0 Å². The van der Waals surface area contributed by atoms with Crippen molar-refractivity contribution in [3.05, 3.63) is 174 Å². The molecule has 0 aliphatic carbocycles. The van der Waals surface area contributed by atoms with Gasteiger partial charge in [0.1, 0.15) is 11.5 Å². The average Bonchev–Trinajstić information content (AvgIpc) is 3.79. The van der Waals surface area contributed by atoms with E-state index in [4.69, 9.17) is 13.6 Å². The zero-order valence-electron chi connectivity index (χ0n) is 27.0. The molecule has 0 aliphatic rings. The third kappa shape index (κ3) is 7.49. The van der Waals surface area contributed by atoms with Crippen LogP contribution >= 0.6 is 0 Å². The van der Waals surface area contributed by atoms with Crippen LogP contribution in [0.15, 0.2) is 148 Å². The van der Waals surface area contributed by atoms with Crippen LogP contribution in [0, 0.1) is 6.92 Å². The van der Waals surface area contributed by atoms with Crippen LogP contribution in [0.5, 0.6) is 5.75 Å². The number of para-hydroxylation sites is 1. The molecular formula is C41H34N4O4. The molecule has 2 heterocycles. The number of carbonyl (C=O) groups is 1. The minimum absolute atomic E-state index is 0.0615. The van der Waals surface area contributed by atoms with Gasteiger partial charge in [-0.3, -0.25) is 4.79 Å². The van der Waals surface area contributed by atoms with Gasteiger partial charge in [0.05, 0.1) is 24.8 Å². The fourth-order valence-corrected chi connectivity index (χ4v) is 5.63. The van der Waals surface area contributed by atoms with Crippen molar-refractivity contribution in [1.29, 1.82) is 0 Å². The van der Waals surface area contributed by atoms with Crippen molar-refractivity contribution in [1.82, 2.24) is 15.2 Å². The van der Waals surface area contributed by atoms with E-state index in [0.29, 0.717) is 53.9 Å². The number of anilines is 1. The highest BCUT2D eigenvalue weighted by Gasteiger charge is 2.21. The van der Waals surface area contributed by atoms with Gasteiger partial charge in [0, 0.05) is 34.4 Å². The van der Waals surface area contributed by atoms with Crippen molar-refractivity contribution in [2.45, 2.75) is 25.8 Å². The Morgan fingerprint density at radius 3 is 2.06 bits per heavy atom. The van der Waals surface area contributed by atoms with Crippen molar-refractivity contribution in [3.8, 4) is 28.7 Å². The van der Waals surface area contributed by atoms with Crippen LogP contribution in [0.2, 0.25) is 0 Å². The lowest BCUT2D eigenvalue weighted by Crippen LogP contribution is -2.16. The van der Waals surface area contributed by atoms with Crippen LogP contribution in [0.4, 0.5) is 5.69 Å². The van der Waals surface area contributed by atoms with Gasteiger partial charge in [0.15, 0.2) is 5.78 Å². The Balaban J connectivity index is 1.09. The Hall–Kier alpha value is -6.28.